The minimum Gasteiger partial charge on any atom is -0.243 e. The van der Waals surface area contributed by atoms with E-state index in [0.29, 0.717) is 44.3 Å². The molecule has 6 nitrogen and oxygen atoms in total. The molecule has 2 aliphatic carbocycles. The summed E-state index contributed by atoms with van der Waals surface area (Å²) in [5.74, 6) is -0.525. The van der Waals surface area contributed by atoms with Crippen molar-refractivity contribution in [1.82, 2.24) is 20.6 Å². The van der Waals surface area contributed by atoms with Crippen molar-refractivity contribution in [3.05, 3.63) is 57.1 Å². The van der Waals surface area contributed by atoms with Crippen LogP contribution in [0.4, 0.5) is 8.78 Å². The topological polar surface area (TPSA) is 77.8 Å². The van der Waals surface area contributed by atoms with Crippen LogP contribution in [0, 0.1) is 25.5 Å². The Morgan fingerprint density at radius 3 is 0.769 bits per heavy atom. The number of fused-ring (bicyclic) bond motifs is 10. The van der Waals surface area contributed by atoms with E-state index in [1.807, 2.05) is 0 Å². The molecule has 5 aromatic rings. The van der Waals surface area contributed by atoms with Crippen LogP contribution >= 0.6 is 0 Å². The zero-order chi connectivity index (χ0) is 55.0. The predicted molar refractivity (Wildman–Crippen MR) is 325 cm³/mol. The van der Waals surface area contributed by atoms with Gasteiger partial charge in [-0.15, -0.1) is 0 Å². The summed E-state index contributed by atoms with van der Waals surface area (Å²) in [5.41, 5.74) is 8.28. The minimum absolute atomic E-state index is 0.263. The first-order valence-corrected chi connectivity index (χ1v) is 33.4. The third-order valence-corrected chi connectivity index (χ3v) is 19.2. The van der Waals surface area contributed by atoms with E-state index in [2.05, 4.69) is 74.3 Å². The largest absolute Gasteiger partial charge is 0.243 e. The maximum atomic E-state index is 19.7. The van der Waals surface area contributed by atoms with Gasteiger partial charge in [-0.1, -0.05) is 297 Å². The fraction of sp³-hybridized carbons (Fsp3) is 0.743. The fourth-order valence-corrected chi connectivity index (χ4v) is 14.7. The predicted octanol–water partition coefficient (Wildman–Crippen LogP) is 23.4. The smallest absolute Gasteiger partial charge is 0.143 e. The Morgan fingerprint density at radius 1 is 0.308 bits per heavy atom. The van der Waals surface area contributed by atoms with Crippen LogP contribution in [0.1, 0.15) is 344 Å². The van der Waals surface area contributed by atoms with Gasteiger partial charge in [0.1, 0.15) is 33.7 Å². The van der Waals surface area contributed by atoms with Gasteiger partial charge in [-0.05, 0) is 82.4 Å². The van der Waals surface area contributed by atoms with Crippen LogP contribution in [0.15, 0.2) is 21.4 Å². The third-order valence-electron chi connectivity index (χ3n) is 19.2. The lowest BCUT2D eigenvalue weighted by atomic mass is 9.68. The molecule has 0 aliphatic heterocycles. The van der Waals surface area contributed by atoms with Gasteiger partial charge in [0.15, 0.2) is 0 Å². The van der Waals surface area contributed by atoms with Gasteiger partial charge in [0.25, 0.3) is 0 Å². The molecule has 7 rings (SSSR count). The lowest BCUT2D eigenvalue weighted by Crippen LogP contribution is -2.29. The summed E-state index contributed by atoms with van der Waals surface area (Å²) < 4.78 is 50.5. The van der Waals surface area contributed by atoms with E-state index in [1.165, 1.54) is 205 Å². The molecule has 8 heteroatoms. The van der Waals surface area contributed by atoms with Crippen LogP contribution in [0.2, 0.25) is 0 Å². The van der Waals surface area contributed by atoms with E-state index in [0.717, 1.165) is 110 Å². The molecule has 0 saturated carbocycles. The minimum atomic E-state index is -0.743. The molecular weight excluding hydrogens is 967 g/mol. The number of hydrogen-bond acceptors (Lipinski definition) is 6. The molecule has 78 heavy (non-hydrogen) atoms. The van der Waals surface area contributed by atoms with Crippen LogP contribution < -0.4 is 0 Å². The van der Waals surface area contributed by atoms with Crippen LogP contribution in [0.5, 0.6) is 0 Å². The second-order valence-corrected chi connectivity index (χ2v) is 25.2. The average molecular weight is 1080 g/mol. The number of halogens is 2. The summed E-state index contributed by atoms with van der Waals surface area (Å²) in [6.07, 6.45) is 52.0. The highest BCUT2D eigenvalue weighted by molar-refractivity contribution is 6.05. The van der Waals surface area contributed by atoms with Crippen LogP contribution in [-0.4, -0.2) is 20.6 Å². The average Bonchev–Trinajstić information content (AvgIpc) is 4.37. The molecule has 0 atom stereocenters. The van der Waals surface area contributed by atoms with Crippen molar-refractivity contribution < 1.29 is 18.0 Å². The number of benzene rings is 3. The number of hydrogen-bond donors (Lipinski definition) is 0. The van der Waals surface area contributed by atoms with E-state index in [4.69, 9.17) is 9.26 Å². The van der Waals surface area contributed by atoms with Gasteiger partial charge in [0.2, 0.25) is 0 Å². The van der Waals surface area contributed by atoms with Crippen molar-refractivity contribution in [1.29, 1.82) is 0 Å². The molecule has 0 N–H and O–H groups in total. The Morgan fingerprint density at radius 2 is 0.526 bits per heavy atom. The molecule has 3 aromatic carbocycles. The first-order valence-electron chi connectivity index (χ1n) is 33.4. The highest BCUT2D eigenvalue weighted by atomic mass is 19.1. The third kappa shape index (κ3) is 15.1. The Bertz CT molecular complexity index is 2320. The molecule has 0 radical (unpaired) electrons. The van der Waals surface area contributed by atoms with Crippen molar-refractivity contribution in [2.45, 2.75) is 335 Å². The van der Waals surface area contributed by atoms with Crippen molar-refractivity contribution in [2.24, 2.45) is 0 Å². The molecule has 2 heterocycles. The van der Waals surface area contributed by atoms with Crippen LogP contribution in [0.3, 0.4) is 0 Å². The van der Waals surface area contributed by atoms with Crippen molar-refractivity contribution >= 4 is 22.1 Å². The molecule has 0 saturated heterocycles. The molecule has 0 amide bonds. The van der Waals surface area contributed by atoms with E-state index in [1.54, 1.807) is 0 Å². The van der Waals surface area contributed by atoms with Gasteiger partial charge in [-0.2, -0.15) is 0 Å². The molecule has 434 valence electrons. The van der Waals surface area contributed by atoms with Crippen LogP contribution in [-0.2, 0) is 10.8 Å². The van der Waals surface area contributed by atoms with Gasteiger partial charge in [-0.3, -0.25) is 0 Å². The van der Waals surface area contributed by atoms with Gasteiger partial charge < -0.3 is 0 Å². The van der Waals surface area contributed by atoms with Gasteiger partial charge >= 0.3 is 0 Å². The van der Waals surface area contributed by atoms with Crippen molar-refractivity contribution in [3.63, 3.8) is 0 Å². The number of rotatable bonds is 44. The summed E-state index contributed by atoms with van der Waals surface area (Å²) in [4.78, 5) is 0. The lowest BCUT2D eigenvalue weighted by molar-refractivity contribution is 0.315. The second kappa shape index (κ2) is 32.7. The zero-order valence-electron chi connectivity index (χ0n) is 50.6. The first-order chi connectivity index (χ1) is 38.3. The number of unbranched alkanes of at least 4 members (excludes halogenated alkanes) is 36. The quantitative estimate of drug-likeness (QED) is 0.0362. The maximum Gasteiger partial charge on any atom is 0.143 e. The first kappa shape index (κ1) is 61.9. The van der Waals surface area contributed by atoms with Crippen molar-refractivity contribution in [3.8, 4) is 22.3 Å². The summed E-state index contributed by atoms with van der Waals surface area (Å²) in [5, 5.41) is 18.1. The second-order valence-electron chi connectivity index (χ2n) is 25.2. The molecule has 2 aliphatic rings. The summed E-state index contributed by atoms with van der Waals surface area (Å²) >= 11 is 0. The van der Waals surface area contributed by atoms with Gasteiger partial charge in [0.05, 0.1) is 0 Å². The number of aryl methyl sites for hydroxylation is 2. The monoisotopic (exact) mass is 1070 g/mol. The van der Waals surface area contributed by atoms with Crippen molar-refractivity contribution in [2.75, 3.05) is 0 Å². The van der Waals surface area contributed by atoms with E-state index >= 15 is 8.78 Å². The molecule has 0 fully saturated rings. The Hall–Kier alpha value is -3.68. The zero-order valence-corrected chi connectivity index (χ0v) is 50.6. The Balaban J connectivity index is 1.30. The maximum absolute atomic E-state index is 19.7. The van der Waals surface area contributed by atoms with Gasteiger partial charge in [0, 0.05) is 44.2 Å². The summed E-state index contributed by atoms with van der Waals surface area (Å²) in [6, 6.07) is 4.47. The molecule has 0 unspecified atom stereocenters. The molecule has 0 spiro atoms. The Labute approximate surface area is 472 Å². The normalized spacial score (nSPS) is 14.1. The Kier molecular flexibility index (Phi) is 25.9. The van der Waals surface area contributed by atoms with Gasteiger partial charge in [-0.25, -0.2) is 18.0 Å². The highest BCUT2D eigenvalue weighted by Crippen LogP contribution is 2.65. The molecule has 0 bridgehead atoms. The lowest BCUT2D eigenvalue weighted by Gasteiger charge is -2.35. The van der Waals surface area contributed by atoms with E-state index in [9.17, 15) is 0 Å². The highest BCUT2D eigenvalue weighted by Gasteiger charge is 2.54. The summed E-state index contributed by atoms with van der Waals surface area (Å²) in [7, 11) is 0. The number of aromatic nitrogens is 4. The molecule has 2 aromatic heterocycles. The SMILES string of the molecule is CCCCCCCCCCCCC1(CCCCCCCCCCCC)c2cc(C)c3nonc3c2-c2c(F)c3c(c(F)c21)-c1c(cc(C)c2nonc12)C3(CCCCCCCCCCCC)CCCCCCCCCCCC. The standard InChI is InChI=1S/C70H108F2N4O2/c1-7-11-15-19-23-27-31-35-39-43-47-69(48-44-40-36-32-28-24-20-16-12-8-2)55-51-53(5)65-67(75-77-73-65)57(55)59-61(69)63(71)60-58-56(52-54(6)66-68(58)76-78-74-66)70(62(60)64(59)72,49-45-41-37-33-29-25-21-17-13-9-3)50-46-42-38-34-30-26-22-18-14-10-4/h51-52H,7-50H2,1-6H3. The van der Waals surface area contributed by atoms with E-state index in [-0.39, 0.29) is 11.6 Å². The van der Waals surface area contributed by atoms with Crippen LogP contribution in [0.25, 0.3) is 44.3 Å². The summed E-state index contributed by atoms with van der Waals surface area (Å²) in [6.45, 7) is 13.3. The number of nitrogens with zero attached hydrogens (tertiary/aromatic N) is 4. The molecular formula is C70H108F2N4O2. The van der Waals surface area contributed by atoms with E-state index < -0.39 is 10.8 Å². The fourth-order valence-electron chi connectivity index (χ4n) is 14.7.